The van der Waals surface area contributed by atoms with Crippen molar-refractivity contribution in [3.8, 4) is 6.07 Å². The molecule has 0 aliphatic heterocycles. The molecule has 1 heterocycles. The van der Waals surface area contributed by atoms with E-state index in [9.17, 15) is 9.59 Å². The van der Waals surface area contributed by atoms with E-state index in [2.05, 4.69) is 5.32 Å². The predicted octanol–water partition coefficient (Wildman–Crippen LogP) is 2.34. The van der Waals surface area contributed by atoms with Gasteiger partial charge in [-0.1, -0.05) is 0 Å². The van der Waals surface area contributed by atoms with Gasteiger partial charge in [0.25, 0.3) is 5.91 Å². The van der Waals surface area contributed by atoms with E-state index in [0.29, 0.717) is 11.3 Å². The highest BCUT2D eigenvalue weighted by Crippen LogP contribution is 2.09. The number of anilines is 1. The van der Waals surface area contributed by atoms with Crippen LogP contribution in [0.5, 0.6) is 0 Å². The molecular formula is C15H12N2O3S. The van der Waals surface area contributed by atoms with E-state index in [-0.39, 0.29) is 13.0 Å². The average Bonchev–Trinajstić information content (AvgIpc) is 2.99. The van der Waals surface area contributed by atoms with Crippen molar-refractivity contribution in [1.29, 1.82) is 5.26 Å². The number of thiophene rings is 1. The minimum atomic E-state index is -0.441. The zero-order valence-corrected chi connectivity index (χ0v) is 11.9. The highest BCUT2D eigenvalue weighted by atomic mass is 32.1. The summed E-state index contributed by atoms with van der Waals surface area (Å²) in [5.41, 5.74) is 1.93. The molecule has 2 aromatic rings. The molecule has 0 aliphatic rings. The third-order valence-corrected chi connectivity index (χ3v) is 3.32. The van der Waals surface area contributed by atoms with Crippen molar-refractivity contribution < 1.29 is 14.3 Å². The molecule has 1 aromatic heterocycles. The lowest BCUT2D eigenvalue weighted by atomic mass is 10.2. The van der Waals surface area contributed by atoms with E-state index in [0.717, 1.165) is 5.56 Å². The van der Waals surface area contributed by atoms with Crippen molar-refractivity contribution in [1.82, 2.24) is 0 Å². The fraction of sp³-hybridized carbons (Fsp3) is 0.133. The van der Waals surface area contributed by atoms with E-state index in [1.54, 1.807) is 24.3 Å². The van der Waals surface area contributed by atoms with Crippen molar-refractivity contribution in [2.24, 2.45) is 0 Å². The number of nitrogens with one attached hydrogen (secondary N) is 1. The summed E-state index contributed by atoms with van der Waals surface area (Å²) in [6, 6.07) is 10.2. The lowest BCUT2D eigenvalue weighted by Crippen LogP contribution is -2.21. The van der Waals surface area contributed by atoms with Gasteiger partial charge in [0.2, 0.25) is 0 Å². The number of nitrogens with zero attached hydrogens (tertiary/aromatic N) is 1. The molecule has 6 heteroatoms. The lowest BCUT2D eigenvalue weighted by Gasteiger charge is -2.06. The fourth-order valence-corrected chi connectivity index (χ4v) is 2.25. The standard InChI is InChI=1S/C15H12N2O3S/c16-8-11-1-3-13(4-2-11)17-14(18)9-20-15(19)7-12-5-6-21-10-12/h1-6,10H,7,9H2,(H,17,18). The van der Waals surface area contributed by atoms with Gasteiger partial charge in [0.1, 0.15) is 0 Å². The third kappa shape index (κ3) is 4.75. The van der Waals surface area contributed by atoms with Gasteiger partial charge in [0, 0.05) is 5.69 Å². The monoisotopic (exact) mass is 300 g/mol. The van der Waals surface area contributed by atoms with Crippen molar-refractivity contribution in [2.75, 3.05) is 11.9 Å². The van der Waals surface area contributed by atoms with Gasteiger partial charge in [-0.2, -0.15) is 16.6 Å². The molecule has 106 valence electrons. The largest absolute Gasteiger partial charge is 0.455 e. The molecule has 0 aliphatic carbocycles. The van der Waals surface area contributed by atoms with Crippen molar-refractivity contribution in [3.63, 3.8) is 0 Å². The Hall–Kier alpha value is -2.65. The first-order valence-corrected chi connectivity index (χ1v) is 7.08. The number of rotatable bonds is 5. The molecule has 0 spiro atoms. The van der Waals surface area contributed by atoms with Crippen LogP contribution in [0.15, 0.2) is 41.1 Å². The van der Waals surface area contributed by atoms with Gasteiger partial charge in [0.15, 0.2) is 6.61 Å². The molecule has 2 rings (SSSR count). The summed E-state index contributed by atoms with van der Waals surface area (Å²) in [5, 5.41) is 15.0. The summed E-state index contributed by atoms with van der Waals surface area (Å²) in [6.07, 6.45) is 0.160. The summed E-state index contributed by atoms with van der Waals surface area (Å²) in [7, 11) is 0. The maximum Gasteiger partial charge on any atom is 0.310 e. The van der Waals surface area contributed by atoms with Gasteiger partial charge in [0.05, 0.1) is 18.1 Å². The van der Waals surface area contributed by atoms with E-state index >= 15 is 0 Å². The van der Waals surface area contributed by atoms with Crippen LogP contribution in [0.2, 0.25) is 0 Å². The number of amides is 1. The Morgan fingerprint density at radius 3 is 2.62 bits per heavy atom. The predicted molar refractivity (Wildman–Crippen MR) is 78.8 cm³/mol. The first-order chi connectivity index (χ1) is 10.2. The zero-order chi connectivity index (χ0) is 15.1. The Morgan fingerprint density at radius 1 is 1.24 bits per heavy atom. The summed E-state index contributed by atoms with van der Waals surface area (Å²) in [6.45, 7) is -0.330. The normalized spacial score (nSPS) is 9.67. The lowest BCUT2D eigenvalue weighted by molar-refractivity contribution is -0.146. The number of benzene rings is 1. The summed E-state index contributed by atoms with van der Waals surface area (Å²) in [5.74, 6) is -0.859. The number of nitriles is 1. The molecule has 21 heavy (non-hydrogen) atoms. The highest BCUT2D eigenvalue weighted by molar-refractivity contribution is 7.07. The van der Waals surface area contributed by atoms with Gasteiger partial charge < -0.3 is 10.1 Å². The van der Waals surface area contributed by atoms with Crippen molar-refractivity contribution in [3.05, 3.63) is 52.2 Å². The molecule has 1 amide bonds. The quantitative estimate of drug-likeness (QED) is 0.860. The second-order valence-electron chi connectivity index (χ2n) is 4.21. The minimum absolute atomic E-state index is 0.160. The molecule has 1 aromatic carbocycles. The van der Waals surface area contributed by atoms with Crippen molar-refractivity contribution >= 4 is 28.9 Å². The van der Waals surface area contributed by atoms with Crippen LogP contribution < -0.4 is 5.32 Å². The van der Waals surface area contributed by atoms with E-state index < -0.39 is 11.9 Å². The van der Waals surface area contributed by atoms with Crippen LogP contribution in [-0.4, -0.2) is 18.5 Å². The van der Waals surface area contributed by atoms with Crippen LogP contribution in [0.4, 0.5) is 5.69 Å². The van der Waals surface area contributed by atoms with Gasteiger partial charge in [-0.25, -0.2) is 0 Å². The summed E-state index contributed by atoms with van der Waals surface area (Å²) < 4.78 is 4.90. The van der Waals surface area contributed by atoms with Crippen LogP contribution in [0.3, 0.4) is 0 Å². The van der Waals surface area contributed by atoms with Gasteiger partial charge in [-0.3, -0.25) is 9.59 Å². The van der Waals surface area contributed by atoms with Crippen molar-refractivity contribution in [2.45, 2.75) is 6.42 Å². The van der Waals surface area contributed by atoms with Crippen LogP contribution >= 0.6 is 11.3 Å². The topological polar surface area (TPSA) is 79.2 Å². The Balaban J connectivity index is 1.76. The molecule has 0 radical (unpaired) electrons. The van der Waals surface area contributed by atoms with Crippen LogP contribution in [0.1, 0.15) is 11.1 Å². The van der Waals surface area contributed by atoms with E-state index in [4.69, 9.17) is 10.00 Å². The Labute approximate surface area is 125 Å². The maximum absolute atomic E-state index is 11.6. The van der Waals surface area contributed by atoms with Gasteiger partial charge in [-0.15, -0.1) is 0 Å². The second kappa shape index (κ2) is 7.22. The molecular weight excluding hydrogens is 288 g/mol. The number of hydrogen-bond acceptors (Lipinski definition) is 5. The molecule has 1 N–H and O–H groups in total. The highest BCUT2D eigenvalue weighted by Gasteiger charge is 2.09. The minimum Gasteiger partial charge on any atom is -0.455 e. The number of hydrogen-bond donors (Lipinski definition) is 1. The maximum atomic E-state index is 11.6. The van der Waals surface area contributed by atoms with Crippen LogP contribution in [0, 0.1) is 11.3 Å². The first-order valence-electron chi connectivity index (χ1n) is 6.14. The Morgan fingerprint density at radius 2 is 2.00 bits per heavy atom. The molecule has 0 saturated heterocycles. The number of esters is 1. The second-order valence-corrected chi connectivity index (χ2v) is 4.99. The SMILES string of the molecule is N#Cc1ccc(NC(=O)COC(=O)Cc2ccsc2)cc1. The third-order valence-electron chi connectivity index (χ3n) is 2.59. The molecule has 0 bridgehead atoms. The molecule has 5 nitrogen and oxygen atoms in total. The van der Waals surface area contributed by atoms with Crippen LogP contribution in [-0.2, 0) is 20.7 Å². The Kier molecular flexibility index (Phi) is 5.07. The summed E-state index contributed by atoms with van der Waals surface area (Å²) >= 11 is 1.50. The van der Waals surface area contributed by atoms with Gasteiger partial charge >= 0.3 is 5.97 Å². The van der Waals surface area contributed by atoms with Gasteiger partial charge in [-0.05, 0) is 46.7 Å². The van der Waals surface area contributed by atoms with E-state index in [1.807, 2.05) is 22.9 Å². The molecule has 0 atom stereocenters. The zero-order valence-electron chi connectivity index (χ0n) is 11.0. The average molecular weight is 300 g/mol. The molecule has 0 saturated carbocycles. The Bertz CT molecular complexity index is 657. The smallest absolute Gasteiger partial charge is 0.310 e. The van der Waals surface area contributed by atoms with E-state index in [1.165, 1.54) is 11.3 Å². The van der Waals surface area contributed by atoms with Crippen LogP contribution in [0.25, 0.3) is 0 Å². The first kappa shape index (κ1) is 14.8. The molecule has 0 fully saturated rings. The number of ether oxygens (including phenoxy) is 1. The number of carbonyl (C=O) groups is 2. The fourth-order valence-electron chi connectivity index (χ4n) is 1.58. The molecule has 0 unspecified atom stereocenters. The summed E-state index contributed by atoms with van der Waals surface area (Å²) in [4.78, 5) is 23.1. The number of carbonyl (C=O) groups excluding carboxylic acids is 2.